The number of carbonyl (C=O) groups excluding carboxylic acids is 1. The van der Waals surface area contributed by atoms with E-state index in [-0.39, 0.29) is 0 Å². The quantitative estimate of drug-likeness (QED) is 0.520. The van der Waals surface area contributed by atoms with Crippen LogP contribution in [0.4, 0.5) is 0 Å². The first kappa shape index (κ1) is 6.16. The first-order chi connectivity index (χ1) is 4.88. The van der Waals surface area contributed by atoms with Gasteiger partial charge in [-0.2, -0.15) is 0 Å². The van der Waals surface area contributed by atoms with Gasteiger partial charge in [-0.3, -0.25) is 9.80 Å². The zero-order valence-electron chi connectivity index (χ0n) is 6.05. The van der Waals surface area contributed by atoms with E-state index in [4.69, 9.17) is 0 Å². The lowest BCUT2D eigenvalue weighted by molar-refractivity contribution is -0.149. The lowest BCUT2D eigenvalue weighted by Crippen LogP contribution is -2.50. The Bertz CT molecular complexity index is 154. The minimum atomic E-state index is 0.319. The van der Waals surface area contributed by atoms with Crippen LogP contribution in [-0.2, 0) is 4.79 Å². The third-order valence-corrected chi connectivity index (χ3v) is 2.22. The van der Waals surface area contributed by atoms with E-state index in [1.54, 1.807) is 0 Å². The highest BCUT2D eigenvalue weighted by Gasteiger charge is 2.29. The molecule has 0 aromatic heterocycles. The zero-order valence-corrected chi connectivity index (χ0v) is 6.05. The number of hydrogen-bond acceptors (Lipinski definition) is 2. The predicted molar refractivity (Wildman–Crippen MR) is 37.1 cm³/mol. The van der Waals surface area contributed by atoms with Gasteiger partial charge in [-0.25, -0.2) is 5.01 Å². The van der Waals surface area contributed by atoms with Gasteiger partial charge in [0.2, 0.25) is 5.91 Å². The Morgan fingerprint density at radius 3 is 2.30 bits per heavy atom. The van der Waals surface area contributed by atoms with Crippen molar-refractivity contribution in [2.75, 3.05) is 19.6 Å². The zero-order chi connectivity index (χ0) is 6.97. The fraction of sp³-hybridized carbons (Fsp3) is 0.857. The molecule has 1 amide bonds. The Morgan fingerprint density at radius 1 is 1.10 bits per heavy atom. The van der Waals surface area contributed by atoms with E-state index in [0.717, 1.165) is 32.5 Å². The molecule has 0 aromatic carbocycles. The first-order valence-corrected chi connectivity index (χ1v) is 3.93. The maximum absolute atomic E-state index is 11.1. The molecule has 0 radical (unpaired) electrons. The van der Waals surface area contributed by atoms with Crippen molar-refractivity contribution in [2.45, 2.75) is 19.3 Å². The SMILES string of the molecule is O=C1CCCN1N1CCC1. The van der Waals surface area contributed by atoms with Crippen LogP contribution in [0.15, 0.2) is 0 Å². The Hall–Kier alpha value is -0.570. The van der Waals surface area contributed by atoms with Crippen LogP contribution >= 0.6 is 0 Å². The lowest BCUT2D eigenvalue weighted by Gasteiger charge is -2.38. The summed E-state index contributed by atoms with van der Waals surface area (Å²) in [6, 6.07) is 0. The third-order valence-electron chi connectivity index (χ3n) is 2.22. The molecule has 2 saturated heterocycles. The fourth-order valence-electron chi connectivity index (χ4n) is 1.47. The van der Waals surface area contributed by atoms with Crippen molar-refractivity contribution in [2.24, 2.45) is 0 Å². The Balaban J connectivity index is 1.96. The number of nitrogens with zero attached hydrogens (tertiary/aromatic N) is 2. The molecule has 0 bridgehead atoms. The molecule has 3 nitrogen and oxygen atoms in total. The minimum absolute atomic E-state index is 0.319. The van der Waals surface area contributed by atoms with Crippen molar-refractivity contribution in [1.82, 2.24) is 10.0 Å². The monoisotopic (exact) mass is 140 g/mol. The molecule has 0 unspecified atom stereocenters. The lowest BCUT2D eigenvalue weighted by atomic mass is 10.3. The van der Waals surface area contributed by atoms with E-state index >= 15 is 0 Å². The molecule has 0 spiro atoms. The molecule has 56 valence electrons. The highest BCUT2D eigenvalue weighted by atomic mass is 16.2. The highest BCUT2D eigenvalue weighted by molar-refractivity contribution is 5.77. The van der Waals surface area contributed by atoms with Crippen molar-refractivity contribution in [3.63, 3.8) is 0 Å². The Kier molecular flexibility index (Phi) is 1.38. The molecule has 0 N–H and O–H groups in total. The smallest absolute Gasteiger partial charge is 0.236 e. The molecule has 2 fully saturated rings. The average Bonchev–Trinajstić information content (AvgIpc) is 2.12. The van der Waals surface area contributed by atoms with E-state index in [1.165, 1.54) is 6.42 Å². The number of hydrogen-bond donors (Lipinski definition) is 0. The van der Waals surface area contributed by atoms with Gasteiger partial charge in [0.25, 0.3) is 0 Å². The Morgan fingerprint density at radius 2 is 1.90 bits per heavy atom. The van der Waals surface area contributed by atoms with Crippen molar-refractivity contribution in [3.8, 4) is 0 Å². The van der Waals surface area contributed by atoms with Crippen LogP contribution in [0.25, 0.3) is 0 Å². The molecule has 2 aliphatic rings. The number of hydrazine groups is 1. The number of amides is 1. The maximum atomic E-state index is 11.1. The summed E-state index contributed by atoms with van der Waals surface area (Å²) in [6.07, 6.45) is 3.07. The molecular formula is C7H12N2O. The van der Waals surface area contributed by atoms with Crippen molar-refractivity contribution >= 4 is 5.91 Å². The topological polar surface area (TPSA) is 23.6 Å². The third kappa shape index (κ3) is 0.814. The second-order valence-corrected chi connectivity index (χ2v) is 2.93. The molecule has 2 heterocycles. The standard InChI is InChI=1S/C7H12N2O/c10-7-3-1-6-9(7)8-4-2-5-8/h1-6H2. The predicted octanol–water partition coefficient (Wildman–Crippen LogP) is 0.230. The van der Waals surface area contributed by atoms with Gasteiger partial charge in [-0.05, 0) is 12.8 Å². The van der Waals surface area contributed by atoms with Gasteiger partial charge in [-0.1, -0.05) is 0 Å². The van der Waals surface area contributed by atoms with Gasteiger partial charge >= 0.3 is 0 Å². The van der Waals surface area contributed by atoms with Crippen molar-refractivity contribution in [3.05, 3.63) is 0 Å². The highest BCUT2D eigenvalue weighted by Crippen LogP contribution is 2.17. The second kappa shape index (κ2) is 2.23. The van der Waals surface area contributed by atoms with E-state index in [9.17, 15) is 4.79 Å². The van der Waals surface area contributed by atoms with Gasteiger partial charge in [0, 0.05) is 26.1 Å². The summed E-state index contributed by atoms with van der Waals surface area (Å²) in [7, 11) is 0. The van der Waals surface area contributed by atoms with Crippen molar-refractivity contribution < 1.29 is 4.79 Å². The van der Waals surface area contributed by atoms with E-state index in [1.807, 2.05) is 5.01 Å². The number of rotatable bonds is 1. The van der Waals surface area contributed by atoms with Crippen LogP contribution in [-0.4, -0.2) is 35.6 Å². The van der Waals surface area contributed by atoms with Crippen LogP contribution in [0.2, 0.25) is 0 Å². The van der Waals surface area contributed by atoms with E-state index < -0.39 is 0 Å². The molecule has 0 saturated carbocycles. The summed E-state index contributed by atoms with van der Waals surface area (Å²) < 4.78 is 0. The molecule has 0 atom stereocenters. The maximum Gasteiger partial charge on any atom is 0.236 e. The molecule has 0 aliphatic carbocycles. The van der Waals surface area contributed by atoms with Crippen LogP contribution in [0, 0.1) is 0 Å². The largest absolute Gasteiger partial charge is 0.275 e. The number of carbonyl (C=O) groups is 1. The van der Waals surface area contributed by atoms with Gasteiger partial charge in [0.05, 0.1) is 0 Å². The van der Waals surface area contributed by atoms with Crippen molar-refractivity contribution in [1.29, 1.82) is 0 Å². The molecule has 2 aliphatic heterocycles. The Labute approximate surface area is 60.6 Å². The van der Waals surface area contributed by atoms with Crippen LogP contribution in [0.5, 0.6) is 0 Å². The van der Waals surface area contributed by atoms with Crippen LogP contribution in [0.3, 0.4) is 0 Å². The molecule has 3 heteroatoms. The molecule has 0 aromatic rings. The summed E-state index contributed by atoms with van der Waals surface area (Å²) in [5.41, 5.74) is 0. The molecule has 2 rings (SSSR count). The van der Waals surface area contributed by atoms with E-state index in [0.29, 0.717) is 5.91 Å². The first-order valence-electron chi connectivity index (χ1n) is 3.93. The summed E-state index contributed by atoms with van der Waals surface area (Å²) in [5.74, 6) is 0.319. The summed E-state index contributed by atoms with van der Waals surface area (Å²) in [6.45, 7) is 3.14. The van der Waals surface area contributed by atoms with Gasteiger partial charge in [0.15, 0.2) is 0 Å². The van der Waals surface area contributed by atoms with E-state index in [2.05, 4.69) is 5.01 Å². The van der Waals surface area contributed by atoms with Gasteiger partial charge in [-0.15, -0.1) is 0 Å². The minimum Gasteiger partial charge on any atom is -0.275 e. The molecule has 10 heavy (non-hydrogen) atoms. The molecular weight excluding hydrogens is 128 g/mol. The average molecular weight is 140 g/mol. The van der Waals surface area contributed by atoms with Crippen LogP contribution < -0.4 is 0 Å². The van der Waals surface area contributed by atoms with Gasteiger partial charge in [0.1, 0.15) is 0 Å². The normalized spacial score (nSPS) is 27.2. The fourth-order valence-corrected chi connectivity index (χ4v) is 1.47. The van der Waals surface area contributed by atoms with Gasteiger partial charge < -0.3 is 0 Å². The second-order valence-electron chi connectivity index (χ2n) is 2.93. The summed E-state index contributed by atoms with van der Waals surface area (Å²) in [5, 5.41) is 4.05. The van der Waals surface area contributed by atoms with Crippen LogP contribution in [0.1, 0.15) is 19.3 Å². The summed E-state index contributed by atoms with van der Waals surface area (Å²) in [4.78, 5) is 11.1. The summed E-state index contributed by atoms with van der Waals surface area (Å²) >= 11 is 0.